The Kier molecular flexibility index (Phi) is 7.76. The molecule has 0 bridgehead atoms. The summed E-state index contributed by atoms with van der Waals surface area (Å²) < 4.78 is 0. The van der Waals surface area contributed by atoms with Gasteiger partial charge in [0.2, 0.25) is 0 Å². The fraction of sp³-hybridized carbons (Fsp3) is 0.458. The van der Waals surface area contributed by atoms with E-state index in [0.717, 1.165) is 50.4 Å². The molecule has 0 saturated carbocycles. The Morgan fingerprint density at radius 2 is 1.58 bits per heavy atom. The van der Waals surface area contributed by atoms with Gasteiger partial charge in [0.1, 0.15) is 0 Å². The maximum atomic E-state index is 12.7. The average Bonchev–Trinajstić information content (AvgIpc) is 2.75. The van der Waals surface area contributed by atoms with Gasteiger partial charge in [-0.05, 0) is 30.5 Å². The van der Waals surface area contributed by atoms with E-state index in [-0.39, 0.29) is 22.6 Å². The monoisotopic (exact) mass is 424 g/mol. The number of hydrogen-bond donors (Lipinski definition) is 1. The largest absolute Gasteiger partial charge is 0.348 e. The van der Waals surface area contributed by atoms with Gasteiger partial charge in [-0.15, -0.1) is 0 Å². The molecule has 1 heterocycles. The van der Waals surface area contributed by atoms with Crippen molar-refractivity contribution < 1.29 is 9.72 Å². The molecule has 31 heavy (non-hydrogen) atoms. The summed E-state index contributed by atoms with van der Waals surface area (Å²) in [4.78, 5) is 27.9. The van der Waals surface area contributed by atoms with Crippen molar-refractivity contribution in [2.75, 3.05) is 32.7 Å². The number of nitro benzene ring substituents is 1. The van der Waals surface area contributed by atoms with E-state index in [9.17, 15) is 14.9 Å². The maximum absolute atomic E-state index is 12.7. The number of nitrogens with zero attached hydrogens (tertiary/aromatic N) is 3. The lowest BCUT2D eigenvalue weighted by Crippen LogP contribution is -2.52. The van der Waals surface area contributed by atoms with Crippen LogP contribution in [-0.4, -0.2) is 59.4 Å². The van der Waals surface area contributed by atoms with Crippen LogP contribution in [0.3, 0.4) is 0 Å². The van der Waals surface area contributed by atoms with Crippen molar-refractivity contribution >= 4 is 11.6 Å². The number of hydrogen-bond acceptors (Lipinski definition) is 5. The Morgan fingerprint density at radius 3 is 2.13 bits per heavy atom. The van der Waals surface area contributed by atoms with Crippen molar-refractivity contribution in [3.63, 3.8) is 0 Å². The van der Waals surface area contributed by atoms with Gasteiger partial charge in [0.25, 0.3) is 11.6 Å². The van der Waals surface area contributed by atoms with Crippen molar-refractivity contribution in [2.24, 2.45) is 5.92 Å². The Bertz CT molecular complexity index is 873. The van der Waals surface area contributed by atoms with Crippen LogP contribution in [0.1, 0.15) is 35.3 Å². The molecular formula is C24H32N4O3. The molecule has 1 aliphatic heterocycles. The van der Waals surface area contributed by atoms with E-state index in [1.54, 1.807) is 12.1 Å². The van der Waals surface area contributed by atoms with Crippen LogP contribution in [0.4, 0.5) is 5.69 Å². The summed E-state index contributed by atoms with van der Waals surface area (Å²) in [6.45, 7) is 11.7. The third kappa shape index (κ3) is 6.60. The van der Waals surface area contributed by atoms with Gasteiger partial charge >= 0.3 is 0 Å². The van der Waals surface area contributed by atoms with Crippen molar-refractivity contribution in [3.8, 4) is 0 Å². The molecule has 0 spiro atoms. The van der Waals surface area contributed by atoms with Crippen LogP contribution in [0.15, 0.2) is 48.5 Å². The van der Waals surface area contributed by atoms with E-state index in [0.29, 0.717) is 11.5 Å². The molecule has 7 heteroatoms. The van der Waals surface area contributed by atoms with Gasteiger partial charge < -0.3 is 5.32 Å². The number of rotatable bonds is 8. The molecule has 1 aliphatic rings. The van der Waals surface area contributed by atoms with Crippen molar-refractivity contribution in [3.05, 3.63) is 75.3 Å². The van der Waals surface area contributed by atoms with E-state index >= 15 is 0 Å². The number of non-ortho nitro benzene ring substituents is 1. The second-order valence-electron chi connectivity index (χ2n) is 8.69. The van der Waals surface area contributed by atoms with E-state index in [1.165, 1.54) is 0 Å². The second kappa shape index (κ2) is 10.5. The number of nitrogens with one attached hydrogen (secondary N) is 1. The van der Waals surface area contributed by atoms with Crippen LogP contribution in [0.5, 0.6) is 0 Å². The fourth-order valence-electron chi connectivity index (χ4n) is 3.77. The summed E-state index contributed by atoms with van der Waals surface area (Å²) >= 11 is 0. The van der Waals surface area contributed by atoms with Crippen molar-refractivity contribution in [1.82, 2.24) is 15.1 Å². The second-order valence-corrected chi connectivity index (χ2v) is 8.69. The lowest BCUT2D eigenvalue weighted by molar-refractivity contribution is -0.384. The predicted octanol–water partition coefficient (Wildman–Crippen LogP) is 3.48. The first-order valence-corrected chi connectivity index (χ1v) is 10.9. The van der Waals surface area contributed by atoms with Crippen LogP contribution in [0.25, 0.3) is 0 Å². The molecule has 3 rings (SSSR count). The molecule has 0 aromatic heterocycles. The molecule has 0 radical (unpaired) electrons. The minimum atomic E-state index is -0.370. The number of carbonyl (C=O) groups is 1. The maximum Gasteiger partial charge on any atom is 0.269 e. The third-order valence-corrected chi connectivity index (χ3v) is 5.91. The quantitative estimate of drug-likeness (QED) is 0.519. The van der Waals surface area contributed by atoms with Gasteiger partial charge in [-0.25, -0.2) is 0 Å². The van der Waals surface area contributed by atoms with Crippen LogP contribution in [0.2, 0.25) is 0 Å². The fourth-order valence-corrected chi connectivity index (χ4v) is 3.77. The summed E-state index contributed by atoms with van der Waals surface area (Å²) in [6, 6.07) is 14.6. The summed E-state index contributed by atoms with van der Waals surface area (Å²) in [5.74, 6) is 0.322. The van der Waals surface area contributed by atoms with E-state index in [4.69, 9.17) is 0 Å². The number of benzene rings is 2. The van der Waals surface area contributed by atoms with Crippen molar-refractivity contribution in [2.45, 2.75) is 33.4 Å². The number of aryl methyl sites for hydroxylation is 1. The zero-order valence-electron chi connectivity index (χ0n) is 18.6. The minimum absolute atomic E-state index is 0.0180. The number of nitro groups is 1. The Labute approximate surface area is 184 Å². The van der Waals surface area contributed by atoms with Gasteiger partial charge in [-0.3, -0.25) is 24.7 Å². The zero-order chi connectivity index (χ0) is 22.4. The molecule has 1 amide bonds. The van der Waals surface area contributed by atoms with Gasteiger partial charge in [-0.2, -0.15) is 0 Å². The smallest absolute Gasteiger partial charge is 0.269 e. The third-order valence-electron chi connectivity index (χ3n) is 5.91. The summed E-state index contributed by atoms with van der Waals surface area (Å²) in [7, 11) is 0. The number of piperazine rings is 1. The number of amides is 1. The molecule has 166 valence electrons. The molecule has 7 nitrogen and oxygen atoms in total. The Balaban J connectivity index is 1.49. The standard InChI is InChI=1S/C24H32N4O3/c1-18(2)23(25-24(29)21-8-4-19(3)5-9-21)17-27-14-12-26(13-15-27)16-20-6-10-22(11-7-20)28(30)31/h4-11,18,23H,12-17H2,1-3H3,(H,25,29). The highest BCUT2D eigenvalue weighted by molar-refractivity contribution is 5.94. The molecule has 1 atom stereocenters. The summed E-state index contributed by atoms with van der Waals surface area (Å²) in [6.07, 6.45) is 0. The van der Waals surface area contributed by atoms with Crippen molar-refractivity contribution in [1.29, 1.82) is 0 Å². The number of carbonyl (C=O) groups excluding carboxylic acids is 1. The Morgan fingerprint density at radius 1 is 1.00 bits per heavy atom. The molecule has 1 saturated heterocycles. The molecule has 1 N–H and O–H groups in total. The molecular weight excluding hydrogens is 392 g/mol. The van der Waals surface area contributed by atoms with Gasteiger partial charge in [-0.1, -0.05) is 43.7 Å². The van der Waals surface area contributed by atoms with Crippen LogP contribution in [-0.2, 0) is 6.54 Å². The summed E-state index contributed by atoms with van der Waals surface area (Å²) in [5, 5.41) is 14.0. The molecule has 2 aromatic carbocycles. The Hall–Kier alpha value is -2.77. The molecule has 1 unspecified atom stereocenters. The lowest BCUT2D eigenvalue weighted by Gasteiger charge is -2.37. The normalized spacial score (nSPS) is 16.3. The molecule has 0 aliphatic carbocycles. The average molecular weight is 425 g/mol. The predicted molar refractivity (Wildman–Crippen MR) is 122 cm³/mol. The van der Waals surface area contributed by atoms with E-state index < -0.39 is 0 Å². The van der Waals surface area contributed by atoms with Crippen LogP contribution < -0.4 is 5.32 Å². The highest BCUT2D eigenvalue weighted by atomic mass is 16.6. The molecule has 1 fully saturated rings. The van der Waals surface area contributed by atoms with Gasteiger partial charge in [0.15, 0.2) is 0 Å². The van der Waals surface area contributed by atoms with E-state index in [2.05, 4.69) is 29.0 Å². The van der Waals surface area contributed by atoms with Crippen LogP contribution >= 0.6 is 0 Å². The lowest BCUT2D eigenvalue weighted by atomic mass is 10.0. The molecule has 2 aromatic rings. The highest BCUT2D eigenvalue weighted by Crippen LogP contribution is 2.15. The minimum Gasteiger partial charge on any atom is -0.348 e. The topological polar surface area (TPSA) is 78.7 Å². The highest BCUT2D eigenvalue weighted by Gasteiger charge is 2.23. The first-order chi connectivity index (χ1) is 14.8. The van der Waals surface area contributed by atoms with E-state index in [1.807, 2.05) is 43.3 Å². The van der Waals surface area contributed by atoms with Gasteiger partial charge in [0, 0.05) is 63.0 Å². The first kappa shape index (κ1) is 22.9. The zero-order valence-corrected chi connectivity index (χ0v) is 18.6. The van der Waals surface area contributed by atoms with Gasteiger partial charge in [0.05, 0.1) is 4.92 Å². The first-order valence-electron chi connectivity index (χ1n) is 10.9. The van der Waals surface area contributed by atoms with Crippen LogP contribution in [0, 0.1) is 23.0 Å². The summed E-state index contributed by atoms with van der Waals surface area (Å²) in [5.41, 5.74) is 3.05. The SMILES string of the molecule is Cc1ccc(C(=O)NC(CN2CCN(Cc3ccc([N+](=O)[O-])cc3)CC2)C(C)C)cc1.